The molecule has 5 rings (SSSR count). The lowest BCUT2D eigenvalue weighted by Gasteiger charge is -2.07. The van der Waals surface area contributed by atoms with Crippen LogP contribution in [0.2, 0.25) is 0 Å². The molecule has 27 heavy (non-hydrogen) atoms. The molecule has 3 nitrogen and oxygen atoms in total. The highest BCUT2D eigenvalue weighted by Gasteiger charge is 2.15. The first-order valence-corrected chi connectivity index (χ1v) is 8.86. The summed E-state index contributed by atoms with van der Waals surface area (Å²) in [6, 6.07) is 25.7. The Labute approximate surface area is 155 Å². The number of hydrogen-bond donors (Lipinski definition) is 0. The first kappa shape index (κ1) is 15.6. The SMILES string of the molecule is O=C(Cc1coc2ccc3ccccc3c12)Oc1cccc2ccccc12. The number of carbonyl (C=O) groups excluding carboxylic acids is 1. The van der Waals surface area contributed by atoms with Crippen LogP contribution in [0.25, 0.3) is 32.5 Å². The van der Waals surface area contributed by atoms with Gasteiger partial charge in [0.25, 0.3) is 0 Å². The quantitative estimate of drug-likeness (QED) is 0.300. The van der Waals surface area contributed by atoms with E-state index in [9.17, 15) is 4.79 Å². The smallest absolute Gasteiger partial charge is 0.315 e. The Morgan fingerprint density at radius 3 is 2.33 bits per heavy atom. The summed E-state index contributed by atoms with van der Waals surface area (Å²) in [7, 11) is 0. The van der Waals surface area contributed by atoms with Gasteiger partial charge >= 0.3 is 5.97 Å². The van der Waals surface area contributed by atoms with E-state index >= 15 is 0 Å². The summed E-state index contributed by atoms with van der Waals surface area (Å²) in [5, 5.41) is 5.15. The number of esters is 1. The Morgan fingerprint density at radius 1 is 0.778 bits per heavy atom. The first-order valence-electron chi connectivity index (χ1n) is 8.86. The van der Waals surface area contributed by atoms with Crippen molar-refractivity contribution in [2.24, 2.45) is 0 Å². The van der Waals surface area contributed by atoms with Crippen LogP contribution in [0.4, 0.5) is 0 Å². The van der Waals surface area contributed by atoms with Crippen LogP contribution in [-0.2, 0) is 11.2 Å². The maximum absolute atomic E-state index is 12.6. The molecule has 130 valence electrons. The molecule has 1 aromatic heterocycles. The van der Waals surface area contributed by atoms with E-state index in [0.29, 0.717) is 5.75 Å². The van der Waals surface area contributed by atoms with Gasteiger partial charge in [-0.05, 0) is 28.3 Å². The van der Waals surface area contributed by atoms with Crippen LogP contribution in [-0.4, -0.2) is 5.97 Å². The minimum absolute atomic E-state index is 0.157. The largest absolute Gasteiger partial charge is 0.464 e. The van der Waals surface area contributed by atoms with Crippen LogP contribution >= 0.6 is 0 Å². The second kappa shape index (κ2) is 6.29. The molecule has 0 bridgehead atoms. The van der Waals surface area contributed by atoms with Crippen LogP contribution in [0, 0.1) is 0 Å². The molecule has 0 spiro atoms. The van der Waals surface area contributed by atoms with Gasteiger partial charge in [-0.3, -0.25) is 4.79 Å². The molecule has 0 fully saturated rings. The zero-order valence-electron chi connectivity index (χ0n) is 14.5. The number of benzene rings is 4. The molecule has 0 saturated heterocycles. The highest BCUT2D eigenvalue weighted by Crippen LogP contribution is 2.31. The van der Waals surface area contributed by atoms with Gasteiger partial charge in [-0.15, -0.1) is 0 Å². The summed E-state index contributed by atoms with van der Waals surface area (Å²) in [6.45, 7) is 0. The van der Waals surface area contributed by atoms with Crippen molar-refractivity contribution >= 4 is 38.5 Å². The van der Waals surface area contributed by atoms with Crippen molar-refractivity contribution in [2.45, 2.75) is 6.42 Å². The second-order valence-corrected chi connectivity index (χ2v) is 6.55. The van der Waals surface area contributed by atoms with Crippen molar-refractivity contribution in [3.8, 4) is 5.75 Å². The number of fused-ring (bicyclic) bond motifs is 4. The normalized spacial score (nSPS) is 11.3. The summed E-state index contributed by atoms with van der Waals surface area (Å²) in [5.74, 6) is 0.276. The number of furan rings is 1. The molecule has 3 heteroatoms. The van der Waals surface area contributed by atoms with Gasteiger partial charge in [0.05, 0.1) is 12.7 Å². The molecule has 0 N–H and O–H groups in total. The molecule has 0 unspecified atom stereocenters. The number of hydrogen-bond acceptors (Lipinski definition) is 3. The van der Waals surface area contributed by atoms with Gasteiger partial charge in [-0.1, -0.05) is 66.7 Å². The maximum atomic E-state index is 12.6. The molecule has 5 aromatic rings. The van der Waals surface area contributed by atoms with Gasteiger partial charge in [0.2, 0.25) is 0 Å². The lowest BCUT2D eigenvalue weighted by molar-refractivity contribution is -0.133. The fourth-order valence-electron chi connectivity index (χ4n) is 3.60. The average Bonchev–Trinajstić information content (AvgIpc) is 3.11. The van der Waals surface area contributed by atoms with Crippen LogP contribution in [0.3, 0.4) is 0 Å². The molecular formula is C24H16O3. The summed E-state index contributed by atoms with van der Waals surface area (Å²) >= 11 is 0. The summed E-state index contributed by atoms with van der Waals surface area (Å²) < 4.78 is 11.4. The molecule has 0 amide bonds. The van der Waals surface area contributed by atoms with Gasteiger partial charge in [0, 0.05) is 16.3 Å². The molecule has 0 saturated carbocycles. The summed E-state index contributed by atoms with van der Waals surface area (Å²) in [6.07, 6.45) is 1.81. The van der Waals surface area contributed by atoms with Crippen LogP contribution in [0.1, 0.15) is 5.56 Å². The molecule has 0 atom stereocenters. The standard InChI is InChI=1S/C24H16O3/c25-23(27-21-11-5-8-16-6-1-3-9-19(16)21)14-18-15-26-22-13-12-17-7-2-4-10-20(17)24(18)22/h1-13,15H,14H2. The number of rotatable bonds is 3. The van der Waals surface area contributed by atoms with Crippen molar-refractivity contribution in [3.63, 3.8) is 0 Å². The number of ether oxygens (including phenoxy) is 1. The Bertz CT molecular complexity index is 1290. The Kier molecular flexibility index (Phi) is 3.65. The van der Waals surface area contributed by atoms with Gasteiger partial charge in [-0.2, -0.15) is 0 Å². The van der Waals surface area contributed by atoms with Crippen molar-refractivity contribution in [3.05, 3.63) is 90.7 Å². The van der Waals surface area contributed by atoms with Gasteiger partial charge in [0.1, 0.15) is 11.3 Å². The maximum Gasteiger partial charge on any atom is 0.315 e. The van der Waals surface area contributed by atoms with E-state index in [1.165, 1.54) is 0 Å². The topological polar surface area (TPSA) is 39.4 Å². The van der Waals surface area contributed by atoms with Crippen LogP contribution < -0.4 is 4.74 Å². The van der Waals surface area contributed by atoms with E-state index in [1.54, 1.807) is 6.26 Å². The monoisotopic (exact) mass is 352 g/mol. The van der Waals surface area contributed by atoms with Crippen molar-refractivity contribution < 1.29 is 13.9 Å². The zero-order valence-corrected chi connectivity index (χ0v) is 14.5. The fraction of sp³-hybridized carbons (Fsp3) is 0.0417. The minimum Gasteiger partial charge on any atom is -0.464 e. The van der Waals surface area contributed by atoms with Gasteiger partial charge in [-0.25, -0.2) is 0 Å². The Morgan fingerprint density at radius 2 is 1.48 bits per heavy atom. The fourth-order valence-corrected chi connectivity index (χ4v) is 3.60. The predicted molar refractivity (Wildman–Crippen MR) is 107 cm³/mol. The van der Waals surface area contributed by atoms with E-state index in [2.05, 4.69) is 6.07 Å². The van der Waals surface area contributed by atoms with E-state index in [4.69, 9.17) is 9.15 Å². The van der Waals surface area contributed by atoms with Gasteiger partial charge < -0.3 is 9.15 Å². The average molecular weight is 352 g/mol. The third-order valence-corrected chi connectivity index (χ3v) is 4.85. The van der Waals surface area contributed by atoms with E-state index in [0.717, 1.165) is 38.1 Å². The molecular weight excluding hydrogens is 336 g/mol. The van der Waals surface area contributed by atoms with Crippen molar-refractivity contribution in [1.82, 2.24) is 0 Å². The predicted octanol–water partition coefficient (Wildman–Crippen LogP) is 5.89. The molecule has 0 radical (unpaired) electrons. The Hall–Kier alpha value is -3.59. The molecule has 4 aromatic carbocycles. The Balaban J connectivity index is 1.50. The first-order chi connectivity index (χ1) is 13.3. The van der Waals surface area contributed by atoms with Crippen LogP contribution in [0.5, 0.6) is 5.75 Å². The highest BCUT2D eigenvalue weighted by molar-refractivity contribution is 6.08. The molecule has 0 aliphatic rings. The molecule has 0 aliphatic carbocycles. The molecule has 1 heterocycles. The zero-order chi connectivity index (χ0) is 18.2. The summed E-state index contributed by atoms with van der Waals surface area (Å²) in [4.78, 5) is 12.6. The summed E-state index contributed by atoms with van der Waals surface area (Å²) in [5.41, 5.74) is 1.62. The second-order valence-electron chi connectivity index (χ2n) is 6.55. The third-order valence-electron chi connectivity index (χ3n) is 4.85. The van der Waals surface area contributed by atoms with Gasteiger partial charge in [0.15, 0.2) is 0 Å². The van der Waals surface area contributed by atoms with Crippen LogP contribution in [0.15, 0.2) is 89.5 Å². The van der Waals surface area contributed by atoms with E-state index < -0.39 is 0 Å². The molecule has 0 aliphatic heterocycles. The van der Waals surface area contributed by atoms with Crippen molar-refractivity contribution in [1.29, 1.82) is 0 Å². The van der Waals surface area contributed by atoms with E-state index in [-0.39, 0.29) is 12.4 Å². The van der Waals surface area contributed by atoms with Crippen molar-refractivity contribution in [2.75, 3.05) is 0 Å². The van der Waals surface area contributed by atoms with E-state index in [1.807, 2.05) is 72.8 Å². The lowest BCUT2D eigenvalue weighted by atomic mass is 10.0. The lowest BCUT2D eigenvalue weighted by Crippen LogP contribution is -2.11. The third kappa shape index (κ3) is 2.74. The minimum atomic E-state index is -0.304. The number of carbonyl (C=O) groups is 1. The highest BCUT2D eigenvalue weighted by atomic mass is 16.5.